The van der Waals surface area contributed by atoms with Crippen LogP contribution < -0.4 is 4.74 Å². The largest absolute Gasteiger partial charge is 0.496 e. The van der Waals surface area contributed by atoms with Crippen LogP contribution in [-0.4, -0.2) is 17.9 Å². The van der Waals surface area contributed by atoms with Crippen molar-refractivity contribution >= 4 is 5.78 Å². The number of hydrogen-bond acceptors (Lipinski definition) is 3. The van der Waals surface area contributed by atoms with E-state index in [-0.39, 0.29) is 0 Å². The maximum absolute atomic E-state index is 11.6. The second kappa shape index (κ2) is 5.51. The highest BCUT2D eigenvalue weighted by atomic mass is 16.5. The Kier molecular flexibility index (Phi) is 4.00. The minimum Gasteiger partial charge on any atom is -0.496 e. The standard InChI is InChI=1S/C15H21NO2/c1-10-9-16-13(11(2)15(10)18-3)5-4-6-14(17)12-7-8-12/h9,12H,4-8H2,1-3H3. The van der Waals surface area contributed by atoms with Crippen molar-refractivity contribution in [3.05, 3.63) is 23.0 Å². The lowest BCUT2D eigenvalue weighted by atomic mass is 10.0. The maximum atomic E-state index is 11.6. The Morgan fingerprint density at radius 1 is 1.44 bits per heavy atom. The van der Waals surface area contributed by atoms with Gasteiger partial charge in [-0.15, -0.1) is 0 Å². The zero-order valence-corrected chi connectivity index (χ0v) is 11.5. The van der Waals surface area contributed by atoms with E-state index in [1.54, 1.807) is 7.11 Å². The predicted molar refractivity (Wildman–Crippen MR) is 70.9 cm³/mol. The molecule has 0 unspecified atom stereocenters. The number of aryl methyl sites for hydroxylation is 2. The number of hydrogen-bond donors (Lipinski definition) is 0. The van der Waals surface area contributed by atoms with Gasteiger partial charge in [-0.3, -0.25) is 9.78 Å². The molecule has 0 amide bonds. The third-order valence-corrected chi connectivity index (χ3v) is 3.62. The van der Waals surface area contributed by atoms with Crippen LogP contribution in [-0.2, 0) is 11.2 Å². The van der Waals surface area contributed by atoms with Gasteiger partial charge in [0.15, 0.2) is 0 Å². The molecular formula is C15H21NO2. The lowest BCUT2D eigenvalue weighted by Crippen LogP contribution is -2.04. The quantitative estimate of drug-likeness (QED) is 0.775. The fraction of sp³-hybridized carbons (Fsp3) is 0.600. The van der Waals surface area contributed by atoms with Crippen LogP contribution in [0.3, 0.4) is 0 Å². The molecule has 1 fully saturated rings. The lowest BCUT2D eigenvalue weighted by molar-refractivity contribution is -0.120. The summed E-state index contributed by atoms with van der Waals surface area (Å²) in [6.07, 6.45) is 6.52. The predicted octanol–water partition coefficient (Wildman–Crippen LogP) is 3.01. The molecular weight excluding hydrogens is 226 g/mol. The van der Waals surface area contributed by atoms with Crippen molar-refractivity contribution < 1.29 is 9.53 Å². The molecule has 1 aliphatic rings. The van der Waals surface area contributed by atoms with Crippen LogP contribution in [0.5, 0.6) is 5.75 Å². The molecule has 0 bridgehead atoms. The Morgan fingerprint density at radius 2 is 2.17 bits per heavy atom. The molecule has 0 saturated heterocycles. The van der Waals surface area contributed by atoms with Crippen LogP contribution in [0.25, 0.3) is 0 Å². The summed E-state index contributed by atoms with van der Waals surface area (Å²) in [4.78, 5) is 16.1. The third-order valence-electron chi connectivity index (χ3n) is 3.62. The van der Waals surface area contributed by atoms with Crippen molar-refractivity contribution in [3.63, 3.8) is 0 Å². The molecule has 0 atom stereocenters. The van der Waals surface area contributed by atoms with Gasteiger partial charge in [0, 0.05) is 35.4 Å². The molecule has 0 N–H and O–H groups in total. The number of nitrogens with zero attached hydrogens (tertiary/aromatic N) is 1. The molecule has 18 heavy (non-hydrogen) atoms. The molecule has 1 aromatic rings. The first-order valence-electron chi connectivity index (χ1n) is 6.65. The SMILES string of the molecule is COc1c(C)cnc(CCCC(=O)C2CC2)c1C. The first kappa shape index (κ1) is 13.1. The number of Topliss-reactive ketones (excluding diaryl/α,β-unsaturated/α-hetero) is 1. The van der Waals surface area contributed by atoms with Crippen molar-refractivity contribution in [2.75, 3.05) is 7.11 Å². The summed E-state index contributed by atoms with van der Waals surface area (Å²) in [5, 5.41) is 0. The highest BCUT2D eigenvalue weighted by molar-refractivity contribution is 5.83. The van der Waals surface area contributed by atoms with Gasteiger partial charge in [-0.1, -0.05) is 0 Å². The molecule has 3 heteroatoms. The van der Waals surface area contributed by atoms with Gasteiger partial charge in [-0.2, -0.15) is 0 Å². The second-order valence-electron chi connectivity index (χ2n) is 5.14. The van der Waals surface area contributed by atoms with E-state index in [2.05, 4.69) is 4.98 Å². The highest BCUT2D eigenvalue weighted by Crippen LogP contribution is 2.31. The second-order valence-corrected chi connectivity index (χ2v) is 5.14. The van der Waals surface area contributed by atoms with Gasteiger partial charge in [0.25, 0.3) is 0 Å². The normalized spacial score (nSPS) is 14.6. The average Bonchev–Trinajstić information content (AvgIpc) is 3.16. The third kappa shape index (κ3) is 2.89. The van der Waals surface area contributed by atoms with Crippen molar-refractivity contribution in [2.24, 2.45) is 5.92 Å². The number of rotatable bonds is 6. The molecule has 1 saturated carbocycles. The molecule has 3 nitrogen and oxygen atoms in total. The Hall–Kier alpha value is -1.38. The van der Waals surface area contributed by atoms with E-state index in [1.807, 2.05) is 20.0 Å². The summed E-state index contributed by atoms with van der Waals surface area (Å²) < 4.78 is 5.39. The summed E-state index contributed by atoms with van der Waals surface area (Å²) in [5.41, 5.74) is 3.23. The summed E-state index contributed by atoms with van der Waals surface area (Å²) in [5.74, 6) is 1.74. The van der Waals surface area contributed by atoms with E-state index >= 15 is 0 Å². The molecule has 1 heterocycles. The van der Waals surface area contributed by atoms with Crippen LogP contribution in [0, 0.1) is 19.8 Å². The van der Waals surface area contributed by atoms with Crippen LogP contribution in [0.1, 0.15) is 42.5 Å². The average molecular weight is 247 g/mol. The van der Waals surface area contributed by atoms with Gasteiger partial charge < -0.3 is 4.74 Å². The number of ether oxygens (including phenoxy) is 1. The number of carbonyl (C=O) groups excluding carboxylic acids is 1. The fourth-order valence-corrected chi connectivity index (χ4v) is 2.36. The molecule has 0 spiro atoms. The van der Waals surface area contributed by atoms with E-state index in [0.29, 0.717) is 18.1 Å². The monoisotopic (exact) mass is 247 g/mol. The molecule has 2 rings (SSSR count). The number of methoxy groups -OCH3 is 1. The van der Waals surface area contributed by atoms with Gasteiger partial charge in [-0.25, -0.2) is 0 Å². The van der Waals surface area contributed by atoms with E-state index in [1.165, 1.54) is 0 Å². The fourth-order valence-electron chi connectivity index (χ4n) is 2.36. The molecule has 0 radical (unpaired) electrons. The van der Waals surface area contributed by atoms with E-state index in [9.17, 15) is 4.79 Å². The summed E-state index contributed by atoms with van der Waals surface area (Å²) in [7, 11) is 1.69. The van der Waals surface area contributed by atoms with Crippen LogP contribution in [0.4, 0.5) is 0 Å². The highest BCUT2D eigenvalue weighted by Gasteiger charge is 2.28. The first-order chi connectivity index (χ1) is 8.63. The van der Waals surface area contributed by atoms with Gasteiger partial charge >= 0.3 is 0 Å². The van der Waals surface area contributed by atoms with Crippen LogP contribution in [0.2, 0.25) is 0 Å². The molecule has 98 valence electrons. The number of ketones is 1. The molecule has 0 aromatic carbocycles. The maximum Gasteiger partial charge on any atom is 0.135 e. The minimum atomic E-state index is 0.381. The number of pyridine rings is 1. The van der Waals surface area contributed by atoms with E-state index < -0.39 is 0 Å². The van der Waals surface area contributed by atoms with Crippen molar-refractivity contribution in [1.29, 1.82) is 0 Å². The topological polar surface area (TPSA) is 39.2 Å². The Balaban J connectivity index is 1.94. The van der Waals surface area contributed by atoms with E-state index in [4.69, 9.17) is 4.74 Å². The summed E-state index contributed by atoms with van der Waals surface area (Å²) in [6.45, 7) is 4.04. The van der Waals surface area contributed by atoms with E-state index in [0.717, 1.165) is 48.3 Å². The molecule has 1 aliphatic carbocycles. The van der Waals surface area contributed by atoms with Gasteiger partial charge in [0.2, 0.25) is 0 Å². The zero-order chi connectivity index (χ0) is 13.1. The summed E-state index contributed by atoms with van der Waals surface area (Å²) >= 11 is 0. The Labute approximate surface area is 109 Å². The van der Waals surface area contributed by atoms with Crippen LogP contribution in [0.15, 0.2) is 6.20 Å². The van der Waals surface area contributed by atoms with Crippen molar-refractivity contribution in [1.82, 2.24) is 4.98 Å². The Morgan fingerprint density at radius 3 is 2.78 bits per heavy atom. The number of aromatic nitrogens is 1. The number of carbonyl (C=O) groups is 1. The Bertz CT molecular complexity index is 450. The molecule has 0 aliphatic heterocycles. The van der Waals surface area contributed by atoms with Crippen LogP contribution >= 0.6 is 0 Å². The van der Waals surface area contributed by atoms with Gasteiger partial charge in [0.1, 0.15) is 11.5 Å². The molecule has 1 aromatic heterocycles. The smallest absolute Gasteiger partial charge is 0.135 e. The lowest BCUT2D eigenvalue weighted by Gasteiger charge is -2.11. The van der Waals surface area contributed by atoms with Gasteiger partial charge in [0.05, 0.1) is 7.11 Å². The van der Waals surface area contributed by atoms with Crippen molar-refractivity contribution in [2.45, 2.75) is 46.0 Å². The van der Waals surface area contributed by atoms with Gasteiger partial charge in [-0.05, 0) is 39.5 Å². The minimum absolute atomic E-state index is 0.381. The first-order valence-corrected chi connectivity index (χ1v) is 6.65. The van der Waals surface area contributed by atoms with Crippen molar-refractivity contribution in [3.8, 4) is 5.75 Å². The zero-order valence-electron chi connectivity index (χ0n) is 11.5. The summed E-state index contributed by atoms with van der Waals surface area (Å²) in [6, 6.07) is 0.